The average Bonchev–Trinajstić information content (AvgIpc) is 3.74. The van der Waals surface area contributed by atoms with Gasteiger partial charge in [0.25, 0.3) is 0 Å². The molecule has 6 fully saturated rings. The van der Waals surface area contributed by atoms with E-state index in [0.717, 1.165) is 19.3 Å². The third-order valence-electron chi connectivity index (χ3n) is 14.5. The van der Waals surface area contributed by atoms with E-state index in [1.165, 1.54) is 13.8 Å². The van der Waals surface area contributed by atoms with Gasteiger partial charge in [-0.15, -0.1) is 0 Å². The van der Waals surface area contributed by atoms with E-state index in [0.29, 0.717) is 32.1 Å². The van der Waals surface area contributed by atoms with Crippen LogP contribution in [-0.4, -0.2) is 117 Å². The van der Waals surface area contributed by atoms with Crippen molar-refractivity contribution >= 4 is 11.9 Å². The van der Waals surface area contributed by atoms with Crippen LogP contribution in [0.4, 0.5) is 0 Å². The van der Waals surface area contributed by atoms with E-state index in [1.54, 1.807) is 14.0 Å². The van der Waals surface area contributed by atoms with Crippen molar-refractivity contribution in [3.05, 3.63) is 0 Å². The Labute approximate surface area is 314 Å². The van der Waals surface area contributed by atoms with Crippen LogP contribution in [-0.2, 0) is 42.7 Å². The predicted octanol–water partition coefficient (Wildman–Crippen LogP) is 4.91. The molecule has 6 aliphatic heterocycles. The highest BCUT2D eigenvalue weighted by Crippen LogP contribution is 2.57. The SMILES string of the molecule is CO[C@@H]1C[C@@H](C[C@H]2CC[C@H](C)[C@H]([C@@H](C)C(=O)O)O2)O[C@]2(O[C@](C)([C@H]3CC[C@@](C)([C@@H]4O[C@@H]([C@H]5O[C@](C)(O)[C@@](C)(O)C[C@@H]5C(=O)O)C[C@@H]4C)O3)C[C@H]2C)[C@@H]1C. The number of aliphatic hydroxyl groups is 2. The van der Waals surface area contributed by atoms with E-state index in [9.17, 15) is 30.0 Å². The van der Waals surface area contributed by atoms with Gasteiger partial charge in [-0.3, -0.25) is 9.59 Å². The number of hydrogen-bond acceptors (Lipinski definition) is 11. The lowest BCUT2D eigenvalue weighted by Crippen LogP contribution is -2.63. The fraction of sp³-hybridized carbons (Fsp3) is 0.950. The van der Waals surface area contributed by atoms with E-state index < -0.39 is 64.4 Å². The zero-order valence-corrected chi connectivity index (χ0v) is 33.4. The largest absolute Gasteiger partial charge is 0.481 e. The van der Waals surface area contributed by atoms with Gasteiger partial charge in [0, 0.05) is 31.8 Å². The highest BCUT2D eigenvalue weighted by atomic mass is 16.7. The number of hydrogen-bond donors (Lipinski definition) is 4. The van der Waals surface area contributed by atoms with Gasteiger partial charge in [0.1, 0.15) is 11.7 Å². The van der Waals surface area contributed by atoms with Crippen LogP contribution in [0.5, 0.6) is 0 Å². The van der Waals surface area contributed by atoms with Gasteiger partial charge in [0.15, 0.2) is 11.6 Å². The molecule has 0 radical (unpaired) electrons. The second-order valence-electron chi connectivity index (χ2n) is 18.7. The van der Waals surface area contributed by atoms with Crippen molar-refractivity contribution in [1.29, 1.82) is 0 Å². The van der Waals surface area contributed by atoms with Crippen molar-refractivity contribution in [3.8, 4) is 0 Å². The van der Waals surface area contributed by atoms with E-state index in [-0.39, 0.29) is 66.7 Å². The maximum absolute atomic E-state index is 12.3. The Morgan fingerprint density at radius 3 is 2.19 bits per heavy atom. The van der Waals surface area contributed by atoms with Gasteiger partial charge in [-0.25, -0.2) is 0 Å². The molecule has 6 aliphatic rings. The maximum Gasteiger partial charge on any atom is 0.309 e. The molecule has 0 bridgehead atoms. The molecule has 0 aromatic rings. The molecule has 0 aromatic heterocycles. The zero-order valence-electron chi connectivity index (χ0n) is 33.4. The summed E-state index contributed by atoms with van der Waals surface area (Å²) >= 11 is 0. The maximum atomic E-state index is 12.3. The molecule has 0 amide bonds. The van der Waals surface area contributed by atoms with Gasteiger partial charge in [-0.05, 0) is 91.4 Å². The molecule has 6 saturated heterocycles. The Hall–Kier alpha value is -1.42. The normalized spacial score (nSPS) is 53.9. The van der Waals surface area contributed by atoms with Crippen LogP contribution in [0, 0.1) is 35.5 Å². The molecular weight excluding hydrogens is 688 g/mol. The van der Waals surface area contributed by atoms with E-state index in [2.05, 4.69) is 41.5 Å². The molecule has 19 atom stereocenters. The van der Waals surface area contributed by atoms with Gasteiger partial charge in [0.05, 0.1) is 65.8 Å². The Morgan fingerprint density at radius 1 is 0.849 bits per heavy atom. The first-order valence-electron chi connectivity index (χ1n) is 20.0. The standard InChI is InChI=1S/C40H66O13/c1-20-11-12-25(48-31(20)23(4)34(41)42)16-26-17-28(47-10)24(5)40(50-26)22(3)18-37(7,53-40)30-13-14-36(6,51-30)33-21(2)15-29(49-33)32-27(35(43)44)19-38(8,45)39(9,46)52-32/h20-33,45-46H,11-19H2,1-10H3,(H,41,42)(H,43,44)/t20-,21-,22+,23+,24+,25+,26+,27-,28+,29+,30+,31+,32-,33+,36-,37-,38-,39-,40+/m0/s1. The summed E-state index contributed by atoms with van der Waals surface area (Å²) in [7, 11) is 1.74. The smallest absolute Gasteiger partial charge is 0.309 e. The highest BCUT2D eigenvalue weighted by Gasteiger charge is 2.65. The molecule has 13 heteroatoms. The van der Waals surface area contributed by atoms with Gasteiger partial charge in [-0.2, -0.15) is 0 Å². The molecule has 0 unspecified atom stereocenters. The Kier molecular flexibility index (Phi) is 11.3. The lowest BCUT2D eigenvalue weighted by molar-refractivity contribution is -0.354. The minimum Gasteiger partial charge on any atom is -0.481 e. The predicted molar refractivity (Wildman–Crippen MR) is 191 cm³/mol. The summed E-state index contributed by atoms with van der Waals surface area (Å²) in [4.78, 5) is 24.2. The molecule has 0 saturated carbocycles. The zero-order chi connectivity index (χ0) is 39.1. The molecule has 304 valence electrons. The first kappa shape index (κ1) is 41.2. The fourth-order valence-electron chi connectivity index (χ4n) is 11.1. The van der Waals surface area contributed by atoms with Crippen LogP contribution in [0.1, 0.15) is 120 Å². The number of aliphatic carboxylic acids is 2. The topological polar surface area (TPSA) is 180 Å². The Morgan fingerprint density at radius 2 is 1.55 bits per heavy atom. The van der Waals surface area contributed by atoms with Crippen molar-refractivity contribution in [1.82, 2.24) is 0 Å². The summed E-state index contributed by atoms with van der Waals surface area (Å²) in [6, 6.07) is 0. The monoisotopic (exact) mass is 754 g/mol. The Bertz CT molecular complexity index is 1360. The van der Waals surface area contributed by atoms with E-state index >= 15 is 0 Å². The third kappa shape index (κ3) is 7.33. The molecule has 1 spiro atoms. The van der Waals surface area contributed by atoms with Crippen LogP contribution in [0.25, 0.3) is 0 Å². The molecule has 0 aliphatic carbocycles. The average molecular weight is 755 g/mol. The van der Waals surface area contributed by atoms with Crippen LogP contribution < -0.4 is 0 Å². The van der Waals surface area contributed by atoms with E-state index in [4.69, 9.17) is 33.2 Å². The third-order valence-corrected chi connectivity index (χ3v) is 14.5. The van der Waals surface area contributed by atoms with Crippen LogP contribution in [0.15, 0.2) is 0 Å². The summed E-state index contributed by atoms with van der Waals surface area (Å²) in [5.41, 5.74) is -3.08. The Balaban J connectivity index is 1.15. The van der Waals surface area contributed by atoms with Crippen LogP contribution in [0.3, 0.4) is 0 Å². The van der Waals surface area contributed by atoms with Crippen LogP contribution in [0.2, 0.25) is 0 Å². The van der Waals surface area contributed by atoms with Gasteiger partial charge in [0.2, 0.25) is 0 Å². The molecule has 4 N–H and O–H groups in total. The lowest BCUT2D eigenvalue weighted by atomic mass is 9.77. The minimum absolute atomic E-state index is 0.0183. The summed E-state index contributed by atoms with van der Waals surface area (Å²) in [5, 5.41) is 41.5. The molecule has 13 nitrogen and oxygen atoms in total. The molecule has 6 rings (SSSR count). The van der Waals surface area contributed by atoms with Gasteiger partial charge in [-0.1, -0.05) is 27.7 Å². The van der Waals surface area contributed by atoms with Crippen molar-refractivity contribution in [2.45, 2.75) is 197 Å². The second kappa shape index (κ2) is 14.5. The quantitative estimate of drug-likeness (QED) is 0.250. The number of methoxy groups -OCH3 is 1. The fourth-order valence-corrected chi connectivity index (χ4v) is 11.1. The molecule has 53 heavy (non-hydrogen) atoms. The molecular formula is C40H66O13. The second-order valence-corrected chi connectivity index (χ2v) is 18.7. The molecule has 6 heterocycles. The van der Waals surface area contributed by atoms with Gasteiger partial charge < -0.3 is 53.6 Å². The number of carboxylic acids is 2. The van der Waals surface area contributed by atoms with Crippen molar-refractivity contribution in [2.24, 2.45) is 35.5 Å². The van der Waals surface area contributed by atoms with E-state index in [1.807, 2.05) is 0 Å². The summed E-state index contributed by atoms with van der Waals surface area (Å²) in [6.45, 7) is 17.1. The molecule has 0 aromatic carbocycles. The lowest BCUT2D eigenvalue weighted by Gasteiger charge is -2.50. The number of ether oxygens (including phenoxy) is 7. The first-order valence-corrected chi connectivity index (χ1v) is 20.0. The number of carboxylic acid groups (broad SMARTS) is 2. The number of rotatable bonds is 9. The summed E-state index contributed by atoms with van der Waals surface area (Å²) in [5.74, 6) is -6.28. The highest BCUT2D eigenvalue weighted by molar-refractivity contribution is 5.71. The number of carbonyl (C=O) groups is 2. The van der Waals surface area contributed by atoms with Crippen molar-refractivity contribution < 1.29 is 63.2 Å². The van der Waals surface area contributed by atoms with Gasteiger partial charge >= 0.3 is 11.9 Å². The summed E-state index contributed by atoms with van der Waals surface area (Å²) < 4.78 is 46.4. The van der Waals surface area contributed by atoms with Crippen molar-refractivity contribution in [2.75, 3.05) is 7.11 Å². The summed E-state index contributed by atoms with van der Waals surface area (Å²) in [6.07, 6.45) is 2.71. The van der Waals surface area contributed by atoms with Crippen molar-refractivity contribution in [3.63, 3.8) is 0 Å². The minimum atomic E-state index is -1.93. The van der Waals surface area contributed by atoms with Crippen LogP contribution >= 0.6 is 0 Å². The first-order chi connectivity index (χ1) is 24.6.